The molecule has 0 aliphatic rings. The average molecular weight is 439 g/mol. The molecule has 0 amide bonds. The molecule has 0 saturated carbocycles. The fourth-order valence-corrected chi connectivity index (χ4v) is 2.39. The number of hydrogen-bond acceptors (Lipinski definition) is 5. The minimum Gasteiger partial charge on any atom is -0.472 e. The molecule has 0 spiro atoms. The molecule has 27 heavy (non-hydrogen) atoms. The van der Waals surface area contributed by atoms with Gasteiger partial charge in [0.15, 0.2) is 0 Å². The first-order valence-electron chi connectivity index (χ1n) is 7.87. The van der Waals surface area contributed by atoms with Crippen LogP contribution < -0.4 is 10.1 Å². The third kappa shape index (κ3) is 5.65. The highest BCUT2D eigenvalue weighted by molar-refractivity contribution is 9.10. The van der Waals surface area contributed by atoms with Crippen LogP contribution in [-0.4, -0.2) is 15.2 Å². The molecule has 9 heteroatoms. The van der Waals surface area contributed by atoms with Crippen LogP contribution in [0.2, 0.25) is 0 Å². The van der Waals surface area contributed by atoms with Gasteiger partial charge >= 0.3 is 6.18 Å². The lowest BCUT2D eigenvalue weighted by Crippen LogP contribution is -2.08. The van der Waals surface area contributed by atoms with Gasteiger partial charge in [-0.15, -0.1) is 10.2 Å². The number of benzene rings is 1. The van der Waals surface area contributed by atoms with Crippen molar-refractivity contribution < 1.29 is 17.9 Å². The Morgan fingerprint density at radius 1 is 0.926 bits per heavy atom. The van der Waals surface area contributed by atoms with Gasteiger partial charge in [-0.2, -0.15) is 13.2 Å². The van der Waals surface area contributed by atoms with Crippen LogP contribution in [0.1, 0.15) is 16.8 Å². The summed E-state index contributed by atoms with van der Waals surface area (Å²) in [7, 11) is 0. The number of hydrogen-bond donors (Lipinski definition) is 1. The predicted octanol–water partition coefficient (Wildman–Crippen LogP) is 4.84. The van der Waals surface area contributed by atoms with Crippen LogP contribution in [0, 0.1) is 0 Å². The van der Waals surface area contributed by atoms with Crippen molar-refractivity contribution >= 4 is 21.7 Å². The molecule has 0 unspecified atom stereocenters. The Kier molecular flexibility index (Phi) is 5.90. The van der Waals surface area contributed by atoms with Crippen LogP contribution in [0.25, 0.3) is 0 Å². The number of nitrogens with one attached hydrogen (secondary N) is 1. The van der Waals surface area contributed by atoms with Crippen LogP contribution in [0.5, 0.6) is 5.88 Å². The average Bonchev–Trinajstić information content (AvgIpc) is 2.66. The van der Waals surface area contributed by atoms with E-state index in [-0.39, 0.29) is 12.5 Å². The SMILES string of the molecule is FC(F)(F)c1ccc(COc2ccc(NCc3ccc(Br)cc3)nn2)cn1. The molecule has 0 fully saturated rings. The molecule has 0 aliphatic heterocycles. The van der Waals surface area contributed by atoms with Crippen LogP contribution in [-0.2, 0) is 19.3 Å². The number of anilines is 1. The Bertz CT molecular complexity index is 869. The summed E-state index contributed by atoms with van der Waals surface area (Å²) >= 11 is 3.38. The largest absolute Gasteiger partial charge is 0.472 e. The highest BCUT2D eigenvalue weighted by Crippen LogP contribution is 2.27. The van der Waals surface area contributed by atoms with E-state index in [1.165, 1.54) is 6.07 Å². The summed E-state index contributed by atoms with van der Waals surface area (Å²) in [5.74, 6) is 0.852. The summed E-state index contributed by atoms with van der Waals surface area (Å²) in [5.41, 5.74) is 0.657. The van der Waals surface area contributed by atoms with E-state index >= 15 is 0 Å². The molecule has 0 saturated heterocycles. The van der Waals surface area contributed by atoms with Gasteiger partial charge in [-0.1, -0.05) is 34.1 Å². The number of alkyl halides is 3. The quantitative estimate of drug-likeness (QED) is 0.596. The first-order chi connectivity index (χ1) is 12.9. The number of ether oxygens (including phenoxy) is 1. The van der Waals surface area contributed by atoms with Crippen LogP contribution >= 0.6 is 15.9 Å². The fraction of sp³-hybridized carbons (Fsp3) is 0.167. The van der Waals surface area contributed by atoms with Gasteiger partial charge in [0.05, 0.1) is 0 Å². The third-order valence-corrected chi connectivity index (χ3v) is 4.06. The smallest absolute Gasteiger partial charge is 0.433 e. The third-order valence-electron chi connectivity index (χ3n) is 3.53. The van der Waals surface area contributed by atoms with Crippen molar-refractivity contribution in [2.24, 2.45) is 0 Å². The van der Waals surface area contributed by atoms with E-state index < -0.39 is 11.9 Å². The Morgan fingerprint density at radius 2 is 1.67 bits per heavy atom. The standard InChI is InChI=1S/C18H14BrF3N4O/c19-14-4-1-12(2-5-14)9-24-16-7-8-17(26-25-16)27-11-13-3-6-15(23-10-13)18(20,21)22/h1-8,10H,9,11H2,(H,24,25). The maximum atomic E-state index is 12.5. The molecule has 0 bridgehead atoms. The molecule has 3 rings (SSSR count). The van der Waals surface area contributed by atoms with Crippen LogP contribution in [0.4, 0.5) is 19.0 Å². The lowest BCUT2D eigenvalue weighted by Gasteiger charge is -2.08. The van der Waals surface area contributed by atoms with Gasteiger partial charge in [-0.25, -0.2) is 0 Å². The minimum atomic E-state index is -4.45. The molecule has 2 aromatic heterocycles. The lowest BCUT2D eigenvalue weighted by molar-refractivity contribution is -0.141. The molecule has 0 aliphatic carbocycles. The minimum absolute atomic E-state index is 0.0471. The molecule has 0 atom stereocenters. The van der Waals surface area contributed by atoms with Crippen molar-refractivity contribution in [3.05, 3.63) is 76.0 Å². The molecular weight excluding hydrogens is 425 g/mol. The molecule has 0 radical (unpaired) electrons. The first-order valence-corrected chi connectivity index (χ1v) is 8.66. The summed E-state index contributed by atoms with van der Waals surface area (Å²) < 4.78 is 43.9. The predicted molar refractivity (Wildman–Crippen MR) is 97.1 cm³/mol. The van der Waals surface area contributed by atoms with E-state index in [9.17, 15) is 13.2 Å². The zero-order chi connectivity index (χ0) is 19.3. The van der Waals surface area contributed by atoms with Gasteiger partial charge in [-0.05, 0) is 29.8 Å². The van der Waals surface area contributed by atoms with E-state index in [4.69, 9.17) is 4.74 Å². The number of halogens is 4. The van der Waals surface area contributed by atoms with E-state index in [1.807, 2.05) is 24.3 Å². The maximum Gasteiger partial charge on any atom is 0.433 e. The summed E-state index contributed by atoms with van der Waals surface area (Å²) in [6.07, 6.45) is -3.33. The first kappa shape index (κ1) is 19.1. The van der Waals surface area contributed by atoms with E-state index in [0.717, 1.165) is 22.3 Å². The molecule has 140 valence electrons. The Morgan fingerprint density at radius 3 is 2.26 bits per heavy atom. The molecule has 5 nitrogen and oxygen atoms in total. The van der Waals surface area contributed by atoms with Crippen LogP contribution in [0.15, 0.2) is 59.2 Å². The van der Waals surface area contributed by atoms with Crippen molar-refractivity contribution in [3.8, 4) is 5.88 Å². The lowest BCUT2D eigenvalue weighted by atomic mass is 10.2. The molecular formula is C18H14BrF3N4O. The second-order valence-electron chi connectivity index (χ2n) is 5.57. The second-order valence-corrected chi connectivity index (χ2v) is 6.49. The van der Waals surface area contributed by atoms with E-state index in [1.54, 1.807) is 12.1 Å². The van der Waals surface area contributed by atoms with Gasteiger partial charge in [0.2, 0.25) is 5.88 Å². The van der Waals surface area contributed by atoms with Gasteiger partial charge in [-0.3, -0.25) is 4.98 Å². The summed E-state index contributed by atoms with van der Waals surface area (Å²) in [5, 5.41) is 11.1. The summed E-state index contributed by atoms with van der Waals surface area (Å²) in [6.45, 7) is 0.644. The fourth-order valence-electron chi connectivity index (χ4n) is 2.12. The van der Waals surface area contributed by atoms with Crippen molar-refractivity contribution in [1.29, 1.82) is 0 Å². The zero-order valence-electron chi connectivity index (χ0n) is 13.9. The topological polar surface area (TPSA) is 59.9 Å². The van der Waals surface area contributed by atoms with Gasteiger partial charge in [0, 0.05) is 28.8 Å². The highest BCUT2D eigenvalue weighted by Gasteiger charge is 2.31. The Balaban J connectivity index is 1.51. The van der Waals surface area contributed by atoms with Gasteiger partial charge in [0.25, 0.3) is 0 Å². The van der Waals surface area contributed by atoms with Crippen molar-refractivity contribution in [1.82, 2.24) is 15.2 Å². The summed E-state index contributed by atoms with van der Waals surface area (Å²) in [6, 6.07) is 13.5. The van der Waals surface area contributed by atoms with Crippen LogP contribution in [0.3, 0.4) is 0 Å². The van der Waals surface area contributed by atoms with Crippen molar-refractivity contribution in [3.63, 3.8) is 0 Å². The Labute approximate surface area is 161 Å². The molecule has 1 aromatic carbocycles. The zero-order valence-corrected chi connectivity index (χ0v) is 15.5. The van der Waals surface area contributed by atoms with E-state index in [0.29, 0.717) is 17.9 Å². The van der Waals surface area contributed by atoms with Crippen molar-refractivity contribution in [2.45, 2.75) is 19.3 Å². The number of aromatic nitrogens is 3. The number of nitrogens with zero attached hydrogens (tertiary/aromatic N) is 3. The van der Waals surface area contributed by atoms with E-state index in [2.05, 4.69) is 36.4 Å². The molecule has 1 N–H and O–H groups in total. The van der Waals surface area contributed by atoms with Crippen molar-refractivity contribution in [2.75, 3.05) is 5.32 Å². The highest BCUT2D eigenvalue weighted by atomic mass is 79.9. The van der Waals surface area contributed by atoms with Gasteiger partial charge < -0.3 is 10.1 Å². The normalized spacial score (nSPS) is 11.3. The summed E-state index contributed by atoms with van der Waals surface area (Å²) in [4.78, 5) is 3.38. The number of rotatable bonds is 6. The second kappa shape index (κ2) is 8.34. The molecule has 2 heterocycles. The number of pyridine rings is 1. The monoisotopic (exact) mass is 438 g/mol. The maximum absolute atomic E-state index is 12.5. The molecule has 3 aromatic rings. The van der Waals surface area contributed by atoms with Gasteiger partial charge in [0.1, 0.15) is 18.1 Å². The Hall–Kier alpha value is -2.68.